The molecular formula is C50H48F2N8O3S. The fourth-order valence-corrected chi connectivity index (χ4v) is 7.37. The molecular weight excluding hydrogens is 831 g/mol. The number of nitrogens with one attached hydrogen (secondary N) is 2. The van der Waals surface area contributed by atoms with Gasteiger partial charge in [0.05, 0.1) is 57.7 Å². The van der Waals surface area contributed by atoms with Crippen LogP contribution < -0.4 is 10.6 Å². The van der Waals surface area contributed by atoms with Crippen LogP contribution in [0, 0.1) is 17.6 Å². The van der Waals surface area contributed by atoms with E-state index >= 15 is 0 Å². The molecule has 9 rings (SSSR count). The molecule has 1 fully saturated rings. The second kappa shape index (κ2) is 18.2. The molecule has 14 heteroatoms. The van der Waals surface area contributed by atoms with Gasteiger partial charge in [-0.1, -0.05) is 60.7 Å². The zero-order valence-electron chi connectivity index (χ0n) is 35.9. The predicted octanol–water partition coefficient (Wildman–Crippen LogP) is 10.1. The average molecular weight is 879 g/mol. The number of fused-ring (bicyclic) bond motifs is 2. The lowest BCUT2D eigenvalue weighted by molar-refractivity contribution is 0.0939. The molecule has 8 aromatic rings. The number of nitrogens with zero attached hydrogens (tertiary/aromatic N) is 6. The molecule has 0 spiro atoms. The number of anilines is 2. The highest BCUT2D eigenvalue weighted by Gasteiger charge is 2.24. The van der Waals surface area contributed by atoms with Crippen molar-refractivity contribution in [2.75, 3.05) is 23.7 Å². The van der Waals surface area contributed by atoms with Gasteiger partial charge in [-0.3, -0.25) is 4.79 Å². The second-order valence-corrected chi connectivity index (χ2v) is 17.9. The number of aldehydes is 1. The van der Waals surface area contributed by atoms with Crippen molar-refractivity contribution in [3.8, 4) is 45.0 Å². The molecule has 4 heterocycles. The SMILES string of the molecule is CC(C)(O)CNc1cc(-c2ccc(F)cc2)nn2c(-c3ccc(C(=S)CC4CC4)cc3)cnc12.CC(C)(O)CNc1cc(-c2ccc(F)cc2)nn2c(-c3ccc(C=O)cc3)cnc12. The fraction of sp³-hybridized carbons (Fsp3) is 0.240. The molecule has 0 aliphatic heterocycles. The van der Waals surface area contributed by atoms with Crippen LogP contribution in [0.25, 0.3) is 56.3 Å². The lowest BCUT2D eigenvalue weighted by Crippen LogP contribution is -2.29. The Morgan fingerprint density at radius 3 is 1.47 bits per heavy atom. The van der Waals surface area contributed by atoms with E-state index in [-0.39, 0.29) is 11.6 Å². The molecule has 1 aliphatic carbocycles. The summed E-state index contributed by atoms with van der Waals surface area (Å²) in [6.45, 7) is 7.56. The molecule has 1 aliphatic rings. The summed E-state index contributed by atoms with van der Waals surface area (Å²) in [6, 6.07) is 31.4. The minimum atomic E-state index is -0.920. The Morgan fingerprint density at radius 1 is 0.672 bits per heavy atom. The number of carbonyl (C=O) groups is 1. The zero-order valence-corrected chi connectivity index (χ0v) is 36.7. The molecule has 4 aromatic heterocycles. The normalized spacial score (nSPS) is 12.8. The summed E-state index contributed by atoms with van der Waals surface area (Å²) in [5.41, 5.74) is 8.79. The van der Waals surface area contributed by atoms with Crippen molar-refractivity contribution in [2.45, 2.75) is 58.2 Å². The van der Waals surface area contributed by atoms with Crippen LogP contribution in [-0.2, 0) is 0 Å². The van der Waals surface area contributed by atoms with Crippen LogP contribution in [0.4, 0.5) is 20.2 Å². The van der Waals surface area contributed by atoms with E-state index in [1.165, 1.54) is 37.1 Å². The molecule has 0 saturated heterocycles. The van der Waals surface area contributed by atoms with Crippen LogP contribution in [-0.4, -0.2) is 74.9 Å². The number of rotatable bonds is 14. The number of carbonyl (C=O) groups excluding carboxylic acids is 1. The van der Waals surface area contributed by atoms with Gasteiger partial charge in [-0.15, -0.1) is 0 Å². The summed E-state index contributed by atoms with van der Waals surface area (Å²) in [5, 5.41) is 36.4. The molecule has 11 nitrogen and oxygen atoms in total. The molecule has 1 saturated carbocycles. The Hall–Kier alpha value is -6.74. The van der Waals surface area contributed by atoms with Gasteiger partial charge >= 0.3 is 0 Å². The first-order valence-electron chi connectivity index (χ1n) is 21.0. The monoisotopic (exact) mass is 878 g/mol. The summed E-state index contributed by atoms with van der Waals surface area (Å²) >= 11 is 5.63. The van der Waals surface area contributed by atoms with Gasteiger partial charge in [-0.25, -0.2) is 27.8 Å². The number of thiocarbonyl (C=S) groups is 1. The van der Waals surface area contributed by atoms with Crippen molar-refractivity contribution < 1.29 is 23.8 Å². The number of imidazole rings is 2. The van der Waals surface area contributed by atoms with E-state index in [9.17, 15) is 23.8 Å². The molecule has 0 bridgehead atoms. The number of hydrogen-bond acceptors (Lipinski definition) is 10. The largest absolute Gasteiger partial charge is 0.389 e. The molecule has 4 N–H and O–H groups in total. The summed E-state index contributed by atoms with van der Waals surface area (Å²) in [4.78, 5) is 21.1. The smallest absolute Gasteiger partial charge is 0.177 e. The second-order valence-electron chi connectivity index (χ2n) is 17.4. The number of aliphatic hydroxyl groups is 2. The van der Waals surface area contributed by atoms with Gasteiger partial charge in [0, 0.05) is 45.8 Å². The van der Waals surface area contributed by atoms with Gasteiger partial charge < -0.3 is 20.8 Å². The molecule has 326 valence electrons. The Morgan fingerprint density at radius 2 is 1.08 bits per heavy atom. The quantitative estimate of drug-likeness (QED) is 0.0474. The van der Waals surface area contributed by atoms with Gasteiger partial charge in [-0.2, -0.15) is 10.2 Å². The van der Waals surface area contributed by atoms with Gasteiger partial charge in [0.1, 0.15) is 17.9 Å². The molecule has 64 heavy (non-hydrogen) atoms. The van der Waals surface area contributed by atoms with Crippen molar-refractivity contribution in [2.24, 2.45) is 5.92 Å². The highest BCUT2D eigenvalue weighted by molar-refractivity contribution is 7.80. The van der Waals surface area contributed by atoms with Crippen molar-refractivity contribution in [3.05, 3.63) is 144 Å². The van der Waals surface area contributed by atoms with Crippen LogP contribution in [0.15, 0.2) is 122 Å². The van der Waals surface area contributed by atoms with Crippen molar-refractivity contribution in [1.29, 1.82) is 0 Å². The maximum absolute atomic E-state index is 13.5. The van der Waals surface area contributed by atoms with E-state index in [2.05, 4.69) is 32.7 Å². The first kappa shape index (κ1) is 43.9. The maximum atomic E-state index is 13.5. The number of halogens is 2. The molecule has 0 atom stereocenters. The van der Waals surface area contributed by atoms with Crippen molar-refractivity contribution in [1.82, 2.24) is 29.2 Å². The Balaban J connectivity index is 0.000000176. The van der Waals surface area contributed by atoms with Crippen LogP contribution >= 0.6 is 12.2 Å². The molecule has 0 amide bonds. The van der Waals surface area contributed by atoms with E-state index in [1.807, 2.05) is 36.4 Å². The topological polar surface area (TPSA) is 142 Å². The van der Waals surface area contributed by atoms with E-state index in [0.29, 0.717) is 47.0 Å². The van der Waals surface area contributed by atoms with Crippen LogP contribution in [0.5, 0.6) is 0 Å². The Labute approximate surface area is 374 Å². The van der Waals surface area contributed by atoms with Crippen molar-refractivity contribution >= 4 is 46.0 Å². The first-order chi connectivity index (χ1) is 30.6. The standard InChI is InChI=1S/C27H27FN4OS.C23H21FN4O2/c1-27(2,33)16-30-23-14-22(18-9-11-21(28)12-10-18)31-32-24(15-29-26(23)32)19-5-7-20(8-6-19)25(34)13-17-3-4-17;1-23(2,30)14-26-20-11-19(16-7-9-18(24)10-8-16)27-28-21(12-25-22(20)28)17-5-3-15(13-29)4-6-17/h5-12,14-15,17,30,33H,3-4,13,16H2,1-2H3;3-13,26,30H,14H2,1-2H3. The van der Waals surface area contributed by atoms with Gasteiger partial charge in [0.25, 0.3) is 0 Å². The Kier molecular flexibility index (Phi) is 12.5. The molecule has 4 aromatic carbocycles. The highest BCUT2D eigenvalue weighted by Crippen LogP contribution is 2.35. The summed E-state index contributed by atoms with van der Waals surface area (Å²) < 4.78 is 30.4. The summed E-state index contributed by atoms with van der Waals surface area (Å²) in [5.74, 6) is 0.141. The van der Waals surface area contributed by atoms with Gasteiger partial charge in [-0.05, 0) is 119 Å². The van der Waals surface area contributed by atoms with Crippen LogP contribution in [0.3, 0.4) is 0 Å². The van der Waals surface area contributed by atoms with Crippen LogP contribution in [0.2, 0.25) is 0 Å². The average Bonchev–Trinajstić information content (AvgIpc) is 3.82. The maximum Gasteiger partial charge on any atom is 0.177 e. The van der Waals surface area contributed by atoms with Crippen LogP contribution in [0.1, 0.15) is 62.9 Å². The number of benzene rings is 4. The van der Waals surface area contributed by atoms with Crippen molar-refractivity contribution in [3.63, 3.8) is 0 Å². The third-order valence-corrected chi connectivity index (χ3v) is 11.1. The van der Waals surface area contributed by atoms with Gasteiger partial charge in [0.15, 0.2) is 11.3 Å². The number of hydrogen-bond donors (Lipinski definition) is 4. The molecule has 0 radical (unpaired) electrons. The summed E-state index contributed by atoms with van der Waals surface area (Å²) in [6.07, 6.45) is 7.86. The highest BCUT2D eigenvalue weighted by atomic mass is 32.1. The molecule has 0 unspecified atom stereocenters. The first-order valence-corrected chi connectivity index (χ1v) is 21.4. The van der Waals surface area contributed by atoms with Gasteiger partial charge in [0.2, 0.25) is 0 Å². The third kappa shape index (κ3) is 10.5. The minimum absolute atomic E-state index is 0.298. The fourth-order valence-electron chi connectivity index (χ4n) is 7.00. The number of aromatic nitrogens is 6. The van der Waals surface area contributed by atoms with E-state index in [4.69, 9.17) is 22.4 Å². The lowest BCUT2D eigenvalue weighted by atomic mass is 10.0. The lowest BCUT2D eigenvalue weighted by Gasteiger charge is -2.19. The third-order valence-electron chi connectivity index (χ3n) is 10.7. The van der Waals surface area contributed by atoms with E-state index in [0.717, 1.165) is 68.4 Å². The Bertz CT molecular complexity index is 2930. The summed E-state index contributed by atoms with van der Waals surface area (Å²) in [7, 11) is 0. The predicted molar refractivity (Wildman–Crippen MR) is 252 cm³/mol. The minimum Gasteiger partial charge on any atom is -0.389 e. The zero-order chi connectivity index (χ0) is 45.2. The van der Waals surface area contributed by atoms with E-state index < -0.39 is 11.2 Å². The van der Waals surface area contributed by atoms with E-state index in [1.54, 1.807) is 85.5 Å².